The second-order valence-corrected chi connectivity index (χ2v) is 6.41. The van der Waals surface area contributed by atoms with Gasteiger partial charge in [0.15, 0.2) is 0 Å². The molecule has 19 heavy (non-hydrogen) atoms. The lowest BCUT2D eigenvalue weighted by Gasteiger charge is -2.25. The van der Waals surface area contributed by atoms with Gasteiger partial charge in [0.2, 0.25) is 0 Å². The van der Waals surface area contributed by atoms with Crippen molar-refractivity contribution >= 4 is 33.4 Å². The number of carbonyl (C=O) groups is 1. The van der Waals surface area contributed by atoms with Crippen molar-refractivity contribution in [2.24, 2.45) is 5.92 Å². The van der Waals surface area contributed by atoms with E-state index in [9.17, 15) is 9.18 Å². The molecule has 0 saturated heterocycles. The minimum Gasteiger partial charge on any atom is -0.352 e. The second kappa shape index (κ2) is 6.71. The van der Waals surface area contributed by atoms with Gasteiger partial charge in [-0.05, 0) is 53.2 Å². The van der Waals surface area contributed by atoms with Crippen molar-refractivity contribution in [2.45, 2.75) is 31.1 Å². The molecule has 1 amide bonds. The summed E-state index contributed by atoms with van der Waals surface area (Å²) in [5, 5.41) is 3.01. The maximum atomic E-state index is 13.6. The van der Waals surface area contributed by atoms with Crippen molar-refractivity contribution in [3.05, 3.63) is 34.1 Å². The van der Waals surface area contributed by atoms with Crippen LogP contribution in [0.1, 0.15) is 36.0 Å². The normalized spacial score (nSPS) is 23.1. The van der Waals surface area contributed by atoms with E-state index in [1.54, 1.807) is 12.1 Å². The Bertz CT molecular complexity index is 449. The highest BCUT2D eigenvalue weighted by Crippen LogP contribution is 2.27. The summed E-state index contributed by atoms with van der Waals surface area (Å²) >= 11 is 9.32. The Labute approximate surface area is 125 Å². The van der Waals surface area contributed by atoms with Crippen molar-refractivity contribution in [2.75, 3.05) is 6.54 Å². The minimum absolute atomic E-state index is 0.0701. The largest absolute Gasteiger partial charge is 0.352 e. The second-order valence-electron chi connectivity index (χ2n) is 4.94. The van der Waals surface area contributed by atoms with Crippen LogP contribution in [0.5, 0.6) is 0 Å². The molecule has 0 heterocycles. The molecule has 0 bridgehead atoms. The number of nitrogens with one attached hydrogen (secondary N) is 1. The summed E-state index contributed by atoms with van der Waals surface area (Å²) in [6.45, 7) is 0.558. The Morgan fingerprint density at radius 1 is 1.47 bits per heavy atom. The lowest BCUT2D eigenvalue weighted by atomic mass is 9.89. The molecule has 0 radical (unpaired) electrons. The maximum Gasteiger partial charge on any atom is 0.255 e. The van der Waals surface area contributed by atoms with Crippen LogP contribution in [0.3, 0.4) is 0 Å². The molecule has 104 valence electrons. The number of hydrogen-bond donors (Lipinski definition) is 1. The van der Waals surface area contributed by atoms with Gasteiger partial charge in [0.05, 0.1) is 5.56 Å². The van der Waals surface area contributed by atoms with Crippen LogP contribution in [0.4, 0.5) is 4.39 Å². The molecule has 0 aliphatic heterocycles. The van der Waals surface area contributed by atoms with Gasteiger partial charge in [-0.2, -0.15) is 0 Å². The van der Waals surface area contributed by atoms with Gasteiger partial charge in [-0.1, -0.05) is 12.5 Å². The molecule has 2 rings (SSSR count). The molecule has 1 N–H and O–H groups in total. The number of benzene rings is 1. The molecular weight excluding hydrogens is 333 g/mol. The van der Waals surface area contributed by atoms with Gasteiger partial charge < -0.3 is 5.32 Å². The first-order chi connectivity index (χ1) is 9.08. The first-order valence-electron chi connectivity index (χ1n) is 6.44. The summed E-state index contributed by atoms with van der Waals surface area (Å²) in [6, 6.07) is 4.51. The molecule has 1 fully saturated rings. The number of carbonyl (C=O) groups excluding carboxylic acids is 1. The molecule has 5 heteroatoms. The molecule has 0 aromatic heterocycles. The van der Waals surface area contributed by atoms with Crippen LogP contribution in [-0.4, -0.2) is 17.8 Å². The van der Waals surface area contributed by atoms with E-state index >= 15 is 0 Å². The number of alkyl halides is 1. The van der Waals surface area contributed by atoms with Crippen LogP contribution in [0, 0.1) is 11.7 Å². The van der Waals surface area contributed by atoms with Crippen molar-refractivity contribution < 1.29 is 9.18 Å². The highest BCUT2D eigenvalue weighted by atomic mass is 79.9. The number of amides is 1. The summed E-state index contributed by atoms with van der Waals surface area (Å²) in [5.41, 5.74) is 0.0701. The van der Waals surface area contributed by atoms with E-state index in [0.717, 1.165) is 25.7 Å². The van der Waals surface area contributed by atoms with Crippen LogP contribution in [0.15, 0.2) is 22.7 Å². The standard InChI is InChI=1S/C14H16BrClFNO/c15-11-5-2-6-12(17)13(11)14(19)18-8-9-3-1-4-10(16)7-9/h2,5-6,9-10H,1,3-4,7-8H2,(H,18,19). The first kappa shape index (κ1) is 14.8. The molecular formula is C14H16BrClFNO. The van der Waals surface area contributed by atoms with Crippen LogP contribution in [0.2, 0.25) is 0 Å². The van der Waals surface area contributed by atoms with Gasteiger partial charge in [-0.3, -0.25) is 4.79 Å². The van der Waals surface area contributed by atoms with E-state index in [1.165, 1.54) is 6.07 Å². The SMILES string of the molecule is O=C(NCC1CCCC(Cl)C1)c1c(F)cccc1Br. The third kappa shape index (κ3) is 3.93. The molecule has 1 aliphatic rings. The summed E-state index contributed by atoms with van der Waals surface area (Å²) in [6.07, 6.45) is 4.13. The smallest absolute Gasteiger partial charge is 0.255 e. The average Bonchev–Trinajstić information content (AvgIpc) is 2.36. The zero-order chi connectivity index (χ0) is 13.8. The summed E-state index contributed by atoms with van der Waals surface area (Å²) in [5.74, 6) is -0.488. The number of halogens is 3. The molecule has 1 aromatic carbocycles. The minimum atomic E-state index is -0.509. The summed E-state index contributed by atoms with van der Waals surface area (Å²) in [4.78, 5) is 12.0. The number of hydrogen-bond acceptors (Lipinski definition) is 1. The van der Waals surface area contributed by atoms with E-state index in [1.807, 2.05) is 0 Å². The van der Waals surface area contributed by atoms with Gasteiger partial charge >= 0.3 is 0 Å². The van der Waals surface area contributed by atoms with Gasteiger partial charge in [0.1, 0.15) is 5.82 Å². The van der Waals surface area contributed by atoms with Crippen LogP contribution >= 0.6 is 27.5 Å². The fourth-order valence-corrected chi connectivity index (χ4v) is 3.38. The fourth-order valence-electron chi connectivity index (χ4n) is 2.45. The molecule has 2 atom stereocenters. The van der Waals surface area contributed by atoms with E-state index in [4.69, 9.17) is 11.6 Å². The predicted octanol–water partition coefficient (Wildman–Crippen LogP) is 4.12. The number of rotatable bonds is 3. The van der Waals surface area contributed by atoms with E-state index in [2.05, 4.69) is 21.2 Å². The molecule has 0 spiro atoms. The Morgan fingerprint density at radius 3 is 2.95 bits per heavy atom. The van der Waals surface area contributed by atoms with E-state index < -0.39 is 5.82 Å². The third-order valence-corrected chi connectivity index (χ3v) is 4.52. The molecule has 1 aliphatic carbocycles. The zero-order valence-corrected chi connectivity index (χ0v) is 12.8. The van der Waals surface area contributed by atoms with Crippen molar-refractivity contribution in [1.82, 2.24) is 5.32 Å². The van der Waals surface area contributed by atoms with Crippen molar-refractivity contribution in [3.63, 3.8) is 0 Å². The van der Waals surface area contributed by atoms with Crippen LogP contribution in [-0.2, 0) is 0 Å². The van der Waals surface area contributed by atoms with Gasteiger partial charge in [-0.25, -0.2) is 4.39 Å². The van der Waals surface area contributed by atoms with Gasteiger partial charge in [0.25, 0.3) is 5.91 Å². The lowest BCUT2D eigenvalue weighted by molar-refractivity contribution is 0.0939. The first-order valence-corrected chi connectivity index (χ1v) is 7.67. The maximum absolute atomic E-state index is 13.6. The molecule has 2 unspecified atom stereocenters. The average molecular weight is 349 g/mol. The topological polar surface area (TPSA) is 29.1 Å². The van der Waals surface area contributed by atoms with Crippen molar-refractivity contribution in [1.29, 1.82) is 0 Å². The summed E-state index contributed by atoms with van der Waals surface area (Å²) in [7, 11) is 0. The van der Waals surface area contributed by atoms with Crippen LogP contribution < -0.4 is 5.32 Å². The summed E-state index contributed by atoms with van der Waals surface area (Å²) < 4.78 is 14.1. The Morgan fingerprint density at radius 2 is 2.26 bits per heavy atom. The molecule has 1 aromatic rings. The van der Waals surface area contributed by atoms with Gasteiger partial charge in [0, 0.05) is 16.4 Å². The highest BCUT2D eigenvalue weighted by Gasteiger charge is 2.22. The van der Waals surface area contributed by atoms with E-state index in [-0.39, 0.29) is 16.8 Å². The molecule has 2 nitrogen and oxygen atoms in total. The Kier molecular flexibility index (Phi) is 5.22. The highest BCUT2D eigenvalue weighted by molar-refractivity contribution is 9.10. The zero-order valence-electron chi connectivity index (χ0n) is 10.5. The third-order valence-electron chi connectivity index (χ3n) is 3.46. The van der Waals surface area contributed by atoms with Gasteiger partial charge in [-0.15, -0.1) is 11.6 Å². The molecule has 1 saturated carbocycles. The Balaban J connectivity index is 1.94. The predicted molar refractivity (Wildman–Crippen MR) is 78.0 cm³/mol. The monoisotopic (exact) mass is 347 g/mol. The Hall–Kier alpha value is -0.610. The fraction of sp³-hybridized carbons (Fsp3) is 0.500. The quantitative estimate of drug-likeness (QED) is 0.818. The van der Waals surface area contributed by atoms with Crippen LogP contribution in [0.25, 0.3) is 0 Å². The van der Waals surface area contributed by atoms with E-state index in [0.29, 0.717) is 16.9 Å². The lowest BCUT2D eigenvalue weighted by Crippen LogP contribution is -2.32. The van der Waals surface area contributed by atoms with Crippen molar-refractivity contribution in [3.8, 4) is 0 Å².